The minimum Gasteiger partial charge on any atom is -0.379 e. The van der Waals surface area contributed by atoms with E-state index in [9.17, 15) is 26.7 Å². The van der Waals surface area contributed by atoms with Crippen molar-refractivity contribution in [2.75, 3.05) is 44.9 Å². The maximum atomic E-state index is 14.3. The Hall–Kier alpha value is -3.15. The number of hydrogen-bond acceptors (Lipinski definition) is 5. The van der Waals surface area contributed by atoms with Crippen molar-refractivity contribution in [3.05, 3.63) is 76.9 Å². The largest absolute Gasteiger partial charge is 0.416 e. The molecule has 46 heavy (non-hydrogen) atoms. The van der Waals surface area contributed by atoms with Crippen LogP contribution in [0.5, 0.6) is 0 Å². The lowest BCUT2D eigenvalue weighted by atomic mass is 9.72. The summed E-state index contributed by atoms with van der Waals surface area (Å²) in [6.07, 6.45) is -1.26. The summed E-state index contributed by atoms with van der Waals surface area (Å²) < 4.78 is 76.4. The number of fused-ring (bicyclic) bond motifs is 1. The van der Waals surface area contributed by atoms with Gasteiger partial charge in [-0.3, -0.25) is 19.6 Å². The van der Waals surface area contributed by atoms with Crippen LogP contribution in [0.25, 0.3) is 0 Å². The molecule has 0 radical (unpaired) electrons. The second-order valence-electron chi connectivity index (χ2n) is 13.3. The Kier molecular flexibility index (Phi) is 9.38. The molecule has 4 heterocycles. The number of piperidine rings is 1. The van der Waals surface area contributed by atoms with Crippen molar-refractivity contribution in [3.63, 3.8) is 0 Å². The van der Waals surface area contributed by atoms with Crippen molar-refractivity contribution in [1.82, 2.24) is 9.80 Å². The predicted molar refractivity (Wildman–Crippen MR) is 168 cm³/mol. The molecule has 4 aliphatic rings. The Morgan fingerprint density at radius 2 is 1.91 bits per heavy atom. The van der Waals surface area contributed by atoms with Gasteiger partial charge < -0.3 is 9.64 Å². The third kappa shape index (κ3) is 6.64. The van der Waals surface area contributed by atoms with Gasteiger partial charge >= 0.3 is 6.18 Å². The molecule has 2 fully saturated rings. The normalized spacial score (nSPS) is 26.0. The number of rotatable bonds is 7. The van der Waals surface area contributed by atoms with Crippen molar-refractivity contribution >= 4 is 17.3 Å². The van der Waals surface area contributed by atoms with Crippen LogP contribution >= 0.6 is 0 Å². The molecule has 0 aromatic heterocycles. The number of carbonyl (C=O) groups excluding carboxylic acids is 1. The van der Waals surface area contributed by atoms with Crippen molar-refractivity contribution in [2.45, 2.75) is 81.6 Å². The maximum Gasteiger partial charge on any atom is 0.416 e. The highest BCUT2D eigenvalue weighted by atomic mass is 19.4. The molecule has 0 aliphatic carbocycles. The highest BCUT2D eigenvalue weighted by Crippen LogP contribution is 2.43. The van der Waals surface area contributed by atoms with Crippen LogP contribution in [0.4, 0.5) is 27.6 Å². The first kappa shape index (κ1) is 32.8. The zero-order chi connectivity index (χ0) is 32.6. The Bertz CT molecular complexity index is 1490. The van der Waals surface area contributed by atoms with Gasteiger partial charge in [-0.25, -0.2) is 8.78 Å². The summed E-state index contributed by atoms with van der Waals surface area (Å²) in [5, 5.41) is 0. The number of likely N-dealkylation sites (tertiary alicyclic amines) is 1. The van der Waals surface area contributed by atoms with Gasteiger partial charge in [-0.1, -0.05) is 25.1 Å². The molecule has 11 heteroatoms. The van der Waals surface area contributed by atoms with Gasteiger partial charge in [-0.2, -0.15) is 13.2 Å². The molecular formula is C35H41F5N4O2. The van der Waals surface area contributed by atoms with Crippen LogP contribution in [0.15, 0.2) is 54.0 Å². The maximum absolute atomic E-state index is 14.3. The number of nitrogens with zero attached hydrogens (tertiary/aromatic N) is 4. The van der Waals surface area contributed by atoms with Gasteiger partial charge in [0, 0.05) is 48.1 Å². The van der Waals surface area contributed by atoms with E-state index in [4.69, 9.17) is 9.73 Å². The molecule has 0 N–H and O–H groups in total. The minimum absolute atomic E-state index is 0.000698. The number of amides is 1. The van der Waals surface area contributed by atoms with E-state index in [1.54, 1.807) is 11.0 Å². The summed E-state index contributed by atoms with van der Waals surface area (Å²) in [6, 6.07) is 10.3. The lowest BCUT2D eigenvalue weighted by Gasteiger charge is -2.46. The Morgan fingerprint density at radius 3 is 2.61 bits per heavy atom. The van der Waals surface area contributed by atoms with Crippen LogP contribution in [-0.2, 0) is 29.4 Å². The molecule has 6 rings (SSSR count). The van der Waals surface area contributed by atoms with E-state index in [0.717, 1.165) is 49.4 Å². The number of alkyl halides is 5. The van der Waals surface area contributed by atoms with Crippen LogP contribution in [0.3, 0.4) is 0 Å². The van der Waals surface area contributed by atoms with Gasteiger partial charge in [0.15, 0.2) is 0 Å². The quantitative estimate of drug-likeness (QED) is 0.309. The number of anilines is 1. The second kappa shape index (κ2) is 13.2. The molecule has 248 valence electrons. The van der Waals surface area contributed by atoms with Gasteiger partial charge in [-0.05, 0) is 86.2 Å². The third-order valence-electron chi connectivity index (χ3n) is 10.1. The lowest BCUT2D eigenvalue weighted by molar-refractivity contribution is -0.138. The van der Waals surface area contributed by atoms with Crippen LogP contribution in [0.1, 0.15) is 71.1 Å². The SMILES string of the molecule is C=CC1=NCN(C)C(CC2(c3cccc(N4Cc5c(cc(CN6CC[C@@H](F)[C@H](F)C6)cc5C(F)(F)F)C4=O)c3)COC2)CCCC1. The molecule has 2 saturated heterocycles. The molecule has 2 aromatic rings. The molecule has 0 bridgehead atoms. The van der Waals surface area contributed by atoms with E-state index in [0.29, 0.717) is 25.6 Å². The number of allylic oxidation sites excluding steroid dienone is 1. The summed E-state index contributed by atoms with van der Waals surface area (Å²) in [5.41, 5.74) is 1.60. The van der Waals surface area contributed by atoms with Crippen molar-refractivity contribution in [1.29, 1.82) is 0 Å². The summed E-state index contributed by atoms with van der Waals surface area (Å²) >= 11 is 0. The first-order valence-corrected chi connectivity index (χ1v) is 16.1. The van der Waals surface area contributed by atoms with Crippen LogP contribution in [0, 0.1) is 0 Å². The first-order valence-electron chi connectivity index (χ1n) is 16.1. The van der Waals surface area contributed by atoms with Gasteiger partial charge in [0.2, 0.25) is 0 Å². The molecule has 6 nitrogen and oxygen atoms in total. The molecule has 1 unspecified atom stereocenters. The van der Waals surface area contributed by atoms with Crippen LogP contribution in [0.2, 0.25) is 0 Å². The Balaban J connectivity index is 1.25. The first-order chi connectivity index (χ1) is 22.0. The highest BCUT2D eigenvalue weighted by Gasteiger charge is 2.44. The molecule has 2 aromatic carbocycles. The van der Waals surface area contributed by atoms with Gasteiger partial charge in [0.1, 0.15) is 12.3 Å². The average Bonchev–Trinajstić information content (AvgIpc) is 3.37. The smallest absolute Gasteiger partial charge is 0.379 e. The summed E-state index contributed by atoms with van der Waals surface area (Å²) in [4.78, 5) is 23.8. The standard InChI is InChI=1S/C35H41F5N4O2/c1-3-25-8-4-5-9-27(42(2)22-41-25)16-34(20-46-21-34)24-7-6-10-26(15-24)44-18-29-28(33(44)45)13-23(14-30(29)35(38,39)40)17-43-12-11-31(36)32(37)19-43/h3,6-7,10,13-15,27,31-32H,1,4-5,8-9,11-12,16-22H2,2H3/t27?,31-,32-/m1/s1. The predicted octanol–water partition coefficient (Wildman–Crippen LogP) is 6.86. The highest BCUT2D eigenvalue weighted by molar-refractivity contribution is 6.10. The van der Waals surface area contributed by atoms with Gasteiger partial charge in [-0.15, -0.1) is 0 Å². The number of carbonyl (C=O) groups is 1. The van der Waals surface area contributed by atoms with Crippen molar-refractivity contribution < 1.29 is 31.5 Å². The van der Waals surface area contributed by atoms with E-state index in [1.807, 2.05) is 24.3 Å². The Labute approximate surface area is 266 Å². The number of hydrogen-bond donors (Lipinski definition) is 0. The molecule has 4 aliphatic heterocycles. The number of halogens is 5. The summed E-state index contributed by atoms with van der Waals surface area (Å²) in [6.45, 7) is 5.35. The number of ether oxygens (including phenoxy) is 1. The average molecular weight is 645 g/mol. The fourth-order valence-corrected chi connectivity index (χ4v) is 7.30. The monoisotopic (exact) mass is 644 g/mol. The summed E-state index contributed by atoms with van der Waals surface area (Å²) in [5.74, 6) is -0.504. The zero-order valence-electron chi connectivity index (χ0n) is 26.2. The van der Waals surface area contributed by atoms with E-state index in [2.05, 4.69) is 18.5 Å². The minimum atomic E-state index is -4.68. The van der Waals surface area contributed by atoms with Gasteiger partial charge in [0.05, 0.1) is 32.0 Å². The van der Waals surface area contributed by atoms with E-state index < -0.39 is 30.0 Å². The summed E-state index contributed by atoms with van der Waals surface area (Å²) in [7, 11) is 2.08. The number of aliphatic imine (C=N–C) groups is 1. The zero-order valence-corrected chi connectivity index (χ0v) is 26.2. The third-order valence-corrected chi connectivity index (χ3v) is 10.1. The van der Waals surface area contributed by atoms with E-state index in [-0.39, 0.29) is 60.7 Å². The van der Waals surface area contributed by atoms with E-state index >= 15 is 0 Å². The topological polar surface area (TPSA) is 48.4 Å². The van der Waals surface area contributed by atoms with Crippen LogP contribution in [-0.4, -0.2) is 79.8 Å². The molecule has 0 saturated carbocycles. The fourth-order valence-electron chi connectivity index (χ4n) is 7.30. The molecule has 0 spiro atoms. The molecule has 1 amide bonds. The number of benzene rings is 2. The van der Waals surface area contributed by atoms with Crippen molar-refractivity contribution in [2.24, 2.45) is 4.99 Å². The van der Waals surface area contributed by atoms with E-state index in [1.165, 1.54) is 11.0 Å². The molecular weight excluding hydrogens is 603 g/mol. The fraction of sp³-hybridized carbons (Fsp3) is 0.543. The lowest BCUT2D eigenvalue weighted by Crippen LogP contribution is -2.51. The van der Waals surface area contributed by atoms with Gasteiger partial charge in [0.25, 0.3) is 5.91 Å². The second-order valence-corrected chi connectivity index (χ2v) is 13.3. The Morgan fingerprint density at radius 1 is 1.11 bits per heavy atom. The van der Waals surface area contributed by atoms with Crippen molar-refractivity contribution in [3.8, 4) is 0 Å². The molecule has 3 atom stereocenters. The van der Waals surface area contributed by atoms with Crippen LogP contribution < -0.4 is 4.90 Å².